The molecule has 1 N–H and O–H groups in total. The summed E-state index contributed by atoms with van der Waals surface area (Å²) in [7, 11) is 0. The van der Waals surface area contributed by atoms with Gasteiger partial charge in [0.1, 0.15) is 6.54 Å². The minimum atomic E-state index is -0.335. The maximum absolute atomic E-state index is 12.9. The fourth-order valence-electron chi connectivity index (χ4n) is 2.43. The number of nitrogens with zero attached hydrogens (tertiary/aromatic N) is 2. The van der Waals surface area contributed by atoms with Crippen LogP contribution in [0.4, 0.5) is 5.69 Å². The van der Waals surface area contributed by atoms with Crippen molar-refractivity contribution in [3.8, 4) is 0 Å². The first-order chi connectivity index (χ1) is 12.9. The van der Waals surface area contributed by atoms with Crippen molar-refractivity contribution in [1.29, 1.82) is 0 Å². The second-order valence-corrected chi connectivity index (χ2v) is 7.84. The second kappa shape index (κ2) is 10.5. The number of pyridine rings is 1. The molecule has 0 aliphatic rings. The van der Waals surface area contributed by atoms with Crippen molar-refractivity contribution in [2.75, 3.05) is 24.2 Å². The van der Waals surface area contributed by atoms with E-state index in [9.17, 15) is 9.59 Å². The molecule has 2 rings (SSSR count). The van der Waals surface area contributed by atoms with Crippen molar-refractivity contribution in [3.63, 3.8) is 0 Å². The van der Waals surface area contributed by atoms with E-state index < -0.39 is 0 Å². The highest BCUT2D eigenvalue weighted by molar-refractivity contribution is 7.99. The fourth-order valence-corrected chi connectivity index (χ4v) is 3.41. The molecule has 0 bridgehead atoms. The highest BCUT2D eigenvalue weighted by atomic mass is 35.5. The average molecular weight is 426 g/mol. The van der Waals surface area contributed by atoms with E-state index in [4.69, 9.17) is 23.2 Å². The van der Waals surface area contributed by atoms with Crippen LogP contribution in [0.2, 0.25) is 10.0 Å². The molecular weight excluding hydrogens is 405 g/mol. The number of hydrogen-bond acceptors (Lipinski definition) is 4. The minimum absolute atomic E-state index is 0.0753. The van der Waals surface area contributed by atoms with E-state index in [0.717, 1.165) is 17.2 Å². The molecule has 1 aromatic heterocycles. The van der Waals surface area contributed by atoms with E-state index >= 15 is 0 Å². The summed E-state index contributed by atoms with van der Waals surface area (Å²) in [5.41, 5.74) is 0.937. The Labute approximate surface area is 173 Å². The lowest BCUT2D eigenvalue weighted by Gasteiger charge is -2.22. The van der Waals surface area contributed by atoms with E-state index in [-0.39, 0.29) is 18.4 Å². The largest absolute Gasteiger partial charge is 0.329 e. The molecule has 0 unspecified atom stereocenters. The summed E-state index contributed by atoms with van der Waals surface area (Å²) in [6.45, 7) is 4.37. The lowest BCUT2D eigenvalue weighted by Crippen LogP contribution is -2.38. The Morgan fingerprint density at radius 1 is 1.19 bits per heavy atom. The Morgan fingerprint density at radius 2 is 1.96 bits per heavy atom. The topological polar surface area (TPSA) is 62.3 Å². The molecule has 0 atom stereocenters. The number of aromatic nitrogens is 1. The molecule has 2 amide bonds. The standard InChI is InChI=1S/C19H21Cl2N3O2S/c1-3-9-24(19(26)13-7-8-22-18(10-13)27-4-2)12-17(25)23-16-11-14(20)5-6-15(16)21/h5-8,10-11H,3-4,9,12H2,1-2H3,(H,23,25). The van der Waals surface area contributed by atoms with E-state index in [1.807, 2.05) is 13.8 Å². The average Bonchev–Trinajstić information content (AvgIpc) is 2.64. The molecule has 5 nitrogen and oxygen atoms in total. The normalized spacial score (nSPS) is 10.5. The summed E-state index contributed by atoms with van der Waals surface area (Å²) in [6.07, 6.45) is 2.35. The van der Waals surface area contributed by atoms with Gasteiger partial charge in [-0.25, -0.2) is 4.98 Å². The predicted molar refractivity (Wildman–Crippen MR) is 112 cm³/mol. The van der Waals surface area contributed by atoms with Gasteiger partial charge in [0.2, 0.25) is 5.91 Å². The molecule has 0 aliphatic heterocycles. The Kier molecular flexibility index (Phi) is 8.41. The second-order valence-electron chi connectivity index (χ2n) is 5.71. The van der Waals surface area contributed by atoms with Crippen LogP contribution in [0, 0.1) is 0 Å². The minimum Gasteiger partial charge on any atom is -0.329 e. The molecule has 2 aromatic rings. The molecule has 8 heteroatoms. The summed E-state index contributed by atoms with van der Waals surface area (Å²) < 4.78 is 0. The zero-order valence-electron chi connectivity index (χ0n) is 15.2. The van der Waals surface area contributed by atoms with Gasteiger partial charge in [0.05, 0.1) is 15.7 Å². The lowest BCUT2D eigenvalue weighted by atomic mass is 10.2. The molecule has 0 saturated carbocycles. The highest BCUT2D eigenvalue weighted by Gasteiger charge is 2.19. The molecular formula is C19H21Cl2N3O2S. The van der Waals surface area contributed by atoms with Crippen LogP contribution in [0.25, 0.3) is 0 Å². The number of hydrogen-bond donors (Lipinski definition) is 1. The highest BCUT2D eigenvalue weighted by Crippen LogP contribution is 2.25. The maximum atomic E-state index is 12.9. The van der Waals surface area contributed by atoms with Crippen LogP contribution in [-0.4, -0.2) is 40.5 Å². The van der Waals surface area contributed by atoms with Crippen LogP contribution in [0.15, 0.2) is 41.6 Å². The third-order valence-electron chi connectivity index (χ3n) is 3.59. The molecule has 27 heavy (non-hydrogen) atoms. The van der Waals surface area contributed by atoms with Gasteiger partial charge in [0.15, 0.2) is 0 Å². The summed E-state index contributed by atoms with van der Waals surface area (Å²) in [6, 6.07) is 8.24. The van der Waals surface area contributed by atoms with E-state index in [0.29, 0.717) is 27.8 Å². The molecule has 144 valence electrons. The number of anilines is 1. The molecule has 1 aromatic carbocycles. The SMILES string of the molecule is CCCN(CC(=O)Nc1cc(Cl)ccc1Cl)C(=O)c1ccnc(SCC)c1. The maximum Gasteiger partial charge on any atom is 0.254 e. The van der Waals surface area contributed by atoms with E-state index in [2.05, 4.69) is 10.3 Å². The van der Waals surface area contributed by atoms with Gasteiger partial charge >= 0.3 is 0 Å². The van der Waals surface area contributed by atoms with Gasteiger partial charge in [-0.1, -0.05) is 37.0 Å². The summed E-state index contributed by atoms with van der Waals surface area (Å²) >= 11 is 13.6. The first-order valence-electron chi connectivity index (χ1n) is 8.57. The third-order valence-corrected chi connectivity index (χ3v) is 4.96. The van der Waals surface area contributed by atoms with E-state index in [1.54, 1.807) is 48.3 Å². The van der Waals surface area contributed by atoms with Gasteiger partial charge in [0.25, 0.3) is 5.91 Å². The summed E-state index contributed by atoms with van der Waals surface area (Å²) in [5.74, 6) is 0.328. The Morgan fingerprint density at radius 3 is 2.67 bits per heavy atom. The number of carbonyl (C=O) groups excluding carboxylic acids is 2. The van der Waals surface area contributed by atoms with Crippen LogP contribution in [0.3, 0.4) is 0 Å². The quantitative estimate of drug-likeness (QED) is 0.604. The first-order valence-corrected chi connectivity index (χ1v) is 10.3. The van der Waals surface area contributed by atoms with Gasteiger partial charge in [-0.15, -0.1) is 11.8 Å². The van der Waals surface area contributed by atoms with Gasteiger partial charge in [-0.3, -0.25) is 9.59 Å². The Hall–Kier alpha value is -1.76. The molecule has 0 spiro atoms. The number of benzene rings is 1. The van der Waals surface area contributed by atoms with Crippen LogP contribution >= 0.6 is 35.0 Å². The molecule has 0 radical (unpaired) electrons. The monoisotopic (exact) mass is 425 g/mol. The van der Waals surface area contributed by atoms with Crippen LogP contribution in [0.5, 0.6) is 0 Å². The Balaban J connectivity index is 2.11. The van der Waals surface area contributed by atoms with Gasteiger partial charge in [-0.2, -0.15) is 0 Å². The van der Waals surface area contributed by atoms with Gasteiger partial charge in [-0.05, 0) is 42.5 Å². The van der Waals surface area contributed by atoms with Crippen molar-refractivity contribution in [1.82, 2.24) is 9.88 Å². The number of carbonyl (C=O) groups is 2. The number of halogens is 2. The van der Waals surface area contributed by atoms with Crippen LogP contribution in [0.1, 0.15) is 30.6 Å². The van der Waals surface area contributed by atoms with Crippen molar-refractivity contribution in [2.24, 2.45) is 0 Å². The zero-order valence-corrected chi connectivity index (χ0v) is 17.5. The van der Waals surface area contributed by atoms with Crippen LogP contribution in [-0.2, 0) is 4.79 Å². The lowest BCUT2D eigenvalue weighted by molar-refractivity contribution is -0.116. The number of amides is 2. The van der Waals surface area contributed by atoms with Crippen molar-refractivity contribution < 1.29 is 9.59 Å². The molecule has 0 saturated heterocycles. The predicted octanol–water partition coefficient (Wildman–Crippen LogP) is 4.99. The van der Waals surface area contributed by atoms with Gasteiger partial charge in [0, 0.05) is 23.3 Å². The number of nitrogens with one attached hydrogen (secondary N) is 1. The summed E-state index contributed by atoms with van der Waals surface area (Å²) in [4.78, 5) is 31.1. The van der Waals surface area contributed by atoms with Crippen molar-refractivity contribution >= 4 is 52.5 Å². The molecule has 0 aliphatic carbocycles. The fraction of sp³-hybridized carbons (Fsp3) is 0.316. The van der Waals surface area contributed by atoms with Crippen LogP contribution < -0.4 is 5.32 Å². The number of rotatable bonds is 8. The zero-order chi connectivity index (χ0) is 19.8. The Bertz CT molecular complexity index is 817. The first kappa shape index (κ1) is 21.5. The molecule has 1 heterocycles. The van der Waals surface area contributed by atoms with Crippen molar-refractivity contribution in [2.45, 2.75) is 25.3 Å². The smallest absolute Gasteiger partial charge is 0.254 e. The molecule has 0 fully saturated rings. The summed E-state index contributed by atoms with van der Waals surface area (Å²) in [5, 5.41) is 4.35. The third kappa shape index (κ3) is 6.41. The van der Waals surface area contributed by atoms with Crippen molar-refractivity contribution in [3.05, 3.63) is 52.1 Å². The number of thioether (sulfide) groups is 1. The van der Waals surface area contributed by atoms with Gasteiger partial charge < -0.3 is 10.2 Å². The van der Waals surface area contributed by atoms with E-state index in [1.165, 1.54) is 4.90 Å².